The molecule has 1 amide bonds. The monoisotopic (exact) mass is 486 g/mol. The molecule has 1 aliphatic carbocycles. The molecule has 1 saturated carbocycles. The number of nitrogens with one attached hydrogen (secondary N) is 1. The summed E-state index contributed by atoms with van der Waals surface area (Å²) in [5.41, 5.74) is 2.14. The van der Waals surface area contributed by atoms with Crippen LogP contribution in [0.5, 0.6) is 0 Å². The average Bonchev–Trinajstić information content (AvgIpc) is 3.52. The van der Waals surface area contributed by atoms with Gasteiger partial charge in [-0.25, -0.2) is 15.0 Å². The van der Waals surface area contributed by atoms with Crippen molar-refractivity contribution in [1.29, 1.82) is 0 Å². The van der Waals surface area contributed by atoms with Crippen LogP contribution in [0.2, 0.25) is 4.34 Å². The number of nitrogens with zero attached hydrogens (tertiary/aromatic N) is 5. The zero-order chi connectivity index (χ0) is 22.9. The van der Waals surface area contributed by atoms with Gasteiger partial charge in [0.1, 0.15) is 21.5 Å². The second-order valence-electron chi connectivity index (χ2n) is 9.68. The third-order valence-corrected chi connectivity index (χ3v) is 7.79. The molecule has 3 aromatic rings. The molecule has 0 radical (unpaired) electrons. The highest BCUT2D eigenvalue weighted by Crippen LogP contribution is 2.35. The lowest BCUT2D eigenvalue weighted by atomic mass is 9.90. The largest absolute Gasteiger partial charge is 0.357 e. The highest BCUT2D eigenvalue weighted by atomic mass is 35.5. The van der Waals surface area contributed by atoms with E-state index >= 15 is 0 Å². The van der Waals surface area contributed by atoms with Crippen LogP contribution in [-0.4, -0.2) is 44.6 Å². The molecule has 5 rings (SSSR count). The molecule has 9 heteroatoms. The Bertz CT molecular complexity index is 1140. The van der Waals surface area contributed by atoms with E-state index in [2.05, 4.69) is 39.7 Å². The molecule has 0 spiro atoms. The number of halogens is 1. The standard InChI is InChI=1S/C24H31ClN6OS/c1-15(2)10-22-29-18-13-26-21(30-8-3-4-9-30)12-19(18)31(22)17-7-5-6-16(11-17)28-23(32)24-27-14-20(25)33-24/h12-17H,3-11H2,1-2H3,(H,28,32). The Labute approximate surface area is 203 Å². The van der Waals surface area contributed by atoms with Crippen LogP contribution in [0.3, 0.4) is 0 Å². The van der Waals surface area contributed by atoms with Gasteiger partial charge in [0, 0.05) is 37.7 Å². The number of carbonyl (C=O) groups excluding carboxylic acids is 1. The zero-order valence-corrected chi connectivity index (χ0v) is 20.8. The fourth-order valence-corrected chi connectivity index (χ4v) is 6.03. The Kier molecular flexibility index (Phi) is 6.56. The van der Waals surface area contributed by atoms with E-state index in [1.54, 1.807) is 0 Å². The second-order valence-corrected chi connectivity index (χ2v) is 11.3. The molecule has 1 saturated heterocycles. The van der Waals surface area contributed by atoms with Crippen LogP contribution in [0.15, 0.2) is 18.5 Å². The molecule has 1 aliphatic heterocycles. The molecule has 33 heavy (non-hydrogen) atoms. The number of amides is 1. The highest BCUT2D eigenvalue weighted by Gasteiger charge is 2.29. The predicted molar refractivity (Wildman–Crippen MR) is 133 cm³/mol. The van der Waals surface area contributed by atoms with Crippen molar-refractivity contribution in [3.8, 4) is 0 Å². The van der Waals surface area contributed by atoms with Gasteiger partial charge in [0.05, 0.1) is 17.9 Å². The highest BCUT2D eigenvalue weighted by molar-refractivity contribution is 7.17. The summed E-state index contributed by atoms with van der Waals surface area (Å²) >= 11 is 7.19. The van der Waals surface area contributed by atoms with E-state index in [4.69, 9.17) is 21.6 Å². The Morgan fingerprint density at radius 3 is 2.76 bits per heavy atom. The van der Waals surface area contributed by atoms with E-state index in [9.17, 15) is 4.79 Å². The molecule has 3 aromatic heterocycles. The predicted octanol–water partition coefficient (Wildman–Crippen LogP) is 5.25. The fraction of sp³-hybridized carbons (Fsp3) is 0.583. The molecule has 0 aromatic carbocycles. The number of hydrogen-bond donors (Lipinski definition) is 1. The lowest BCUT2D eigenvalue weighted by molar-refractivity contribution is 0.0920. The Balaban J connectivity index is 1.43. The van der Waals surface area contributed by atoms with Crippen molar-refractivity contribution in [3.63, 3.8) is 0 Å². The minimum Gasteiger partial charge on any atom is -0.357 e. The third kappa shape index (κ3) is 4.87. The maximum Gasteiger partial charge on any atom is 0.280 e. The first-order valence-electron chi connectivity index (χ1n) is 12.0. The number of hydrogen-bond acceptors (Lipinski definition) is 6. The summed E-state index contributed by atoms with van der Waals surface area (Å²) in [5, 5.41) is 3.63. The zero-order valence-electron chi connectivity index (χ0n) is 19.3. The van der Waals surface area contributed by atoms with Gasteiger partial charge in [-0.1, -0.05) is 36.8 Å². The van der Waals surface area contributed by atoms with Gasteiger partial charge in [-0.05, 0) is 44.4 Å². The molecular weight excluding hydrogens is 456 g/mol. The summed E-state index contributed by atoms with van der Waals surface area (Å²) in [6.07, 6.45) is 10.9. The van der Waals surface area contributed by atoms with Gasteiger partial charge in [0.15, 0.2) is 5.01 Å². The maximum absolute atomic E-state index is 12.7. The molecule has 0 bridgehead atoms. The molecule has 2 atom stereocenters. The van der Waals surface area contributed by atoms with Crippen molar-refractivity contribution in [1.82, 2.24) is 24.8 Å². The van der Waals surface area contributed by atoms with Crippen molar-refractivity contribution in [2.45, 2.75) is 70.9 Å². The topological polar surface area (TPSA) is 75.9 Å². The molecule has 2 fully saturated rings. The molecule has 2 unspecified atom stereocenters. The van der Waals surface area contributed by atoms with Crippen molar-refractivity contribution in [3.05, 3.63) is 33.6 Å². The van der Waals surface area contributed by atoms with Gasteiger partial charge in [0.2, 0.25) is 0 Å². The summed E-state index contributed by atoms with van der Waals surface area (Å²) < 4.78 is 2.99. The van der Waals surface area contributed by atoms with E-state index in [0.717, 1.165) is 62.4 Å². The Morgan fingerprint density at radius 2 is 2.03 bits per heavy atom. The van der Waals surface area contributed by atoms with Gasteiger partial charge < -0.3 is 14.8 Å². The van der Waals surface area contributed by atoms with Crippen molar-refractivity contribution >= 4 is 45.7 Å². The van der Waals surface area contributed by atoms with Crippen LogP contribution in [0, 0.1) is 5.92 Å². The normalized spacial score (nSPS) is 21.3. The number of rotatable bonds is 6. The third-order valence-electron chi connectivity index (χ3n) is 6.67. The lowest BCUT2D eigenvalue weighted by Crippen LogP contribution is -2.39. The van der Waals surface area contributed by atoms with Crippen LogP contribution in [0.25, 0.3) is 11.0 Å². The average molecular weight is 487 g/mol. The van der Waals surface area contributed by atoms with Crippen LogP contribution in [-0.2, 0) is 6.42 Å². The number of pyridine rings is 1. The quantitative estimate of drug-likeness (QED) is 0.514. The van der Waals surface area contributed by atoms with Crippen molar-refractivity contribution in [2.75, 3.05) is 18.0 Å². The summed E-state index contributed by atoms with van der Waals surface area (Å²) in [5.74, 6) is 2.57. The van der Waals surface area contributed by atoms with Crippen LogP contribution >= 0.6 is 22.9 Å². The minimum atomic E-state index is -0.129. The smallest absolute Gasteiger partial charge is 0.280 e. The second kappa shape index (κ2) is 9.58. The van der Waals surface area contributed by atoms with E-state index in [1.165, 1.54) is 35.9 Å². The first-order valence-corrected chi connectivity index (χ1v) is 13.2. The van der Waals surface area contributed by atoms with Gasteiger partial charge in [0.25, 0.3) is 5.91 Å². The maximum atomic E-state index is 12.7. The van der Waals surface area contributed by atoms with Gasteiger partial charge in [-0.3, -0.25) is 4.79 Å². The Morgan fingerprint density at radius 1 is 1.21 bits per heavy atom. The molecule has 7 nitrogen and oxygen atoms in total. The van der Waals surface area contributed by atoms with Gasteiger partial charge >= 0.3 is 0 Å². The summed E-state index contributed by atoms with van der Waals surface area (Å²) in [7, 11) is 0. The van der Waals surface area contributed by atoms with E-state index in [-0.39, 0.29) is 11.9 Å². The summed E-state index contributed by atoms with van der Waals surface area (Å²) in [6.45, 7) is 6.62. The molecular formula is C24H31ClN6OS. The summed E-state index contributed by atoms with van der Waals surface area (Å²) in [6, 6.07) is 2.65. The van der Waals surface area contributed by atoms with E-state index in [0.29, 0.717) is 21.3 Å². The number of aromatic nitrogens is 4. The summed E-state index contributed by atoms with van der Waals surface area (Å²) in [4.78, 5) is 28.9. The minimum absolute atomic E-state index is 0.114. The fourth-order valence-electron chi connectivity index (χ4n) is 5.21. The van der Waals surface area contributed by atoms with Crippen LogP contribution in [0.1, 0.15) is 74.0 Å². The molecule has 2 aliphatic rings. The number of carbonyl (C=O) groups is 1. The first-order chi connectivity index (χ1) is 16.0. The van der Waals surface area contributed by atoms with Crippen LogP contribution < -0.4 is 10.2 Å². The first kappa shape index (κ1) is 22.6. The number of thiazole rings is 1. The molecule has 4 heterocycles. The number of anilines is 1. The van der Waals surface area contributed by atoms with Gasteiger partial charge in [-0.2, -0.15) is 0 Å². The van der Waals surface area contributed by atoms with E-state index in [1.807, 2.05) is 6.20 Å². The van der Waals surface area contributed by atoms with Crippen molar-refractivity contribution in [2.24, 2.45) is 5.92 Å². The number of fused-ring (bicyclic) bond motifs is 1. The number of imidazole rings is 1. The van der Waals surface area contributed by atoms with Gasteiger partial charge in [-0.15, -0.1) is 0 Å². The van der Waals surface area contributed by atoms with Crippen molar-refractivity contribution < 1.29 is 4.79 Å². The molecule has 176 valence electrons. The van der Waals surface area contributed by atoms with Crippen LogP contribution in [0.4, 0.5) is 5.82 Å². The van der Waals surface area contributed by atoms with E-state index < -0.39 is 0 Å². The SMILES string of the molecule is CC(C)Cc1nc2cnc(N3CCCC3)cc2n1C1CCCC(NC(=O)c2ncc(Cl)s2)C1. The lowest BCUT2D eigenvalue weighted by Gasteiger charge is -2.32. The molecule has 1 N–H and O–H groups in total. The Hall–Kier alpha value is -2.19.